The fourth-order valence-corrected chi connectivity index (χ4v) is 4.66. The van der Waals surface area contributed by atoms with Crippen molar-refractivity contribution in [1.82, 2.24) is 0 Å². The van der Waals surface area contributed by atoms with Crippen molar-refractivity contribution < 1.29 is 54.3 Å². The molecule has 0 aromatic heterocycles. The first-order valence-corrected chi connectivity index (χ1v) is 12.0. The molecule has 16 N–H and O–H groups in total. The minimum atomic E-state index is -1.52. The van der Waals surface area contributed by atoms with Gasteiger partial charge < -0.3 is 83.0 Å². The highest BCUT2D eigenvalue weighted by molar-refractivity contribution is 5.00. The first kappa shape index (κ1) is 29.9. The molecule has 15 atom stereocenters. The Morgan fingerprint density at radius 1 is 0.611 bits per heavy atom. The third kappa shape index (κ3) is 6.32. The summed E-state index contributed by atoms with van der Waals surface area (Å²) in [5.74, 6) is 0. The number of rotatable bonds is 9. The van der Waals surface area contributed by atoms with Crippen LogP contribution in [0.5, 0.6) is 0 Å². The van der Waals surface area contributed by atoms with Crippen LogP contribution in [0.1, 0.15) is 6.42 Å². The Morgan fingerprint density at radius 3 is 1.78 bits per heavy atom. The van der Waals surface area contributed by atoms with Crippen LogP contribution in [-0.4, -0.2) is 149 Å². The maximum absolute atomic E-state index is 10.7. The van der Waals surface area contributed by atoms with Gasteiger partial charge in [0.1, 0.15) is 54.9 Å². The maximum Gasteiger partial charge on any atom is 0.186 e. The van der Waals surface area contributed by atoms with Crippen molar-refractivity contribution in [3.05, 3.63) is 0 Å². The molecule has 3 rings (SSSR count). The smallest absolute Gasteiger partial charge is 0.186 e. The van der Waals surface area contributed by atoms with Crippen molar-refractivity contribution in [3.63, 3.8) is 0 Å². The number of ether oxygens (including phenoxy) is 5. The zero-order chi connectivity index (χ0) is 26.7. The molecule has 16 heteroatoms. The molecule has 0 radical (unpaired) electrons. The van der Waals surface area contributed by atoms with E-state index in [9.17, 15) is 30.6 Å². The van der Waals surface area contributed by atoms with Gasteiger partial charge in [0.2, 0.25) is 0 Å². The molecule has 36 heavy (non-hydrogen) atoms. The third-order valence-electron chi connectivity index (χ3n) is 6.91. The van der Waals surface area contributed by atoms with E-state index in [2.05, 4.69) is 0 Å². The lowest BCUT2D eigenvalue weighted by Gasteiger charge is -2.46. The van der Waals surface area contributed by atoms with Crippen LogP contribution < -0.4 is 28.7 Å². The molecule has 1 saturated carbocycles. The highest BCUT2D eigenvalue weighted by Gasteiger charge is 2.49. The highest BCUT2D eigenvalue weighted by atomic mass is 16.7. The van der Waals surface area contributed by atoms with E-state index >= 15 is 0 Å². The average Bonchev–Trinajstić information content (AvgIpc) is 2.86. The molecule has 0 bridgehead atoms. The predicted molar refractivity (Wildman–Crippen MR) is 121 cm³/mol. The molecule has 2 saturated heterocycles. The van der Waals surface area contributed by atoms with Crippen molar-refractivity contribution in [2.45, 2.75) is 98.2 Å². The van der Waals surface area contributed by atoms with Gasteiger partial charge in [0, 0.05) is 25.2 Å². The zero-order valence-corrected chi connectivity index (χ0v) is 19.8. The highest BCUT2D eigenvalue weighted by Crippen LogP contribution is 2.29. The first-order chi connectivity index (χ1) is 17.0. The summed E-state index contributed by atoms with van der Waals surface area (Å²) >= 11 is 0. The van der Waals surface area contributed by atoms with Gasteiger partial charge in [-0.25, -0.2) is 0 Å². The van der Waals surface area contributed by atoms with Crippen molar-refractivity contribution in [2.75, 3.05) is 26.3 Å². The summed E-state index contributed by atoms with van der Waals surface area (Å²) in [6, 6.07) is -2.55. The Kier molecular flexibility index (Phi) is 10.8. The average molecular weight is 528 g/mol. The number of aliphatic hydroxyl groups is 6. The van der Waals surface area contributed by atoms with Crippen LogP contribution >= 0.6 is 0 Å². The van der Waals surface area contributed by atoms with Gasteiger partial charge in [-0.1, -0.05) is 0 Å². The lowest BCUT2D eigenvalue weighted by atomic mass is 9.84. The maximum atomic E-state index is 10.7. The second-order valence-corrected chi connectivity index (χ2v) is 9.45. The van der Waals surface area contributed by atoms with Gasteiger partial charge in [0.15, 0.2) is 12.6 Å². The summed E-state index contributed by atoms with van der Waals surface area (Å²) in [7, 11) is 0. The molecular formula is C20H41N5O11. The summed E-state index contributed by atoms with van der Waals surface area (Å²) in [4.78, 5) is 0. The van der Waals surface area contributed by atoms with Crippen molar-refractivity contribution in [3.8, 4) is 0 Å². The van der Waals surface area contributed by atoms with E-state index in [1.54, 1.807) is 0 Å². The van der Waals surface area contributed by atoms with Crippen LogP contribution in [0.15, 0.2) is 0 Å². The third-order valence-corrected chi connectivity index (χ3v) is 6.91. The van der Waals surface area contributed by atoms with E-state index in [4.69, 9.17) is 52.4 Å². The topological polar surface area (TPSA) is 298 Å². The number of hydrogen-bond donors (Lipinski definition) is 11. The molecule has 0 aromatic carbocycles. The Balaban J connectivity index is 1.61. The van der Waals surface area contributed by atoms with Gasteiger partial charge in [-0.05, 0) is 6.42 Å². The number of nitrogens with two attached hydrogens (primary N) is 5. The van der Waals surface area contributed by atoms with Crippen molar-refractivity contribution in [2.24, 2.45) is 28.7 Å². The molecular weight excluding hydrogens is 486 g/mol. The fraction of sp³-hybridized carbons (Fsp3) is 1.00. The van der Waals surface area contributed by atoms with E-state index in [1.165, 1.54) is 0 Å². The van der Waals surface area contributed by atoms with Crippen molar-refractivity contribution >= 4 is 0 Å². The molecule has 3 aliphatic rings. The second kappa shape index (κ2) is 12.9. The van der Waals surface area contributed by atoms with Crippen LogP contribution in [0.25, 0.3) is 0 Å². The van der Waals surface area contributed by atoms with E-state index in [1.807, 2.05) is 0 Å². The molecule has 16 nitrogen and oxygen atoms in total. The Hall–Kier alpha value is -0.640. The lowest BCUT2D eigenvalue weighted by molar-refractivity contribution is -0.302. The summed E-state index contributed by atoms with van der Waals surface area (Å²) in [6.45, 7) is -0.490. The van der Waals surface area contributed by atoms with E-state index in [0.717, 1.165) is 0 Å². The van der Waals surface area contributed by atoms with Gasteiger partial charge in [0.25, 0.3) is 0 Å². The molecule has 3 fully saturated rings. The molecule has 212 valence electrons. The minimum Gasteiger partial charge on any atom is -0.389 e. The molecule has 2 heterocycles. The van der Waals surface area contributed by atoms with Crippen LogP contribution in [0.3, 0.4) is 0 Å². The zero-order valence-electron chi connectivity index (χ0n) is 19.8. The quantitative estimate of drug-likeness (QED) is 0.124. The van der Waals surface area contributed by atoms with E-state index in [0.29, 0.717) is 0 Å². The van der Waals surface area contributed by atoms with Gasteiger partial charge in [-0.3, -0.25) is 0 Å². The SMILES string of the molecule is NC[C@H]1O[C@H](OCCO[C@@H]2[C@@H](O)[C@H](N)C[C@H](N)[C@H]2O[C@H]2O[C@H](CN)[C@@H](O)[C@H](O)[C@H]2N)[C@H](O)[C@@H](O)[C@@H]1O. The summed E-state index contributed by atoms with van der Waals surface area (Å²) in [6.07, 6.45) is -14.4. The number of hydrogen-bond acceptors (Lipinski definition) is 16. The van der Waals surface area contributed by atoms with Gasteiger partial charge >= 0.3 is 0 Å². The lowest BCUT2D eigenvalue weighted by Crippen LogP contribution is -2.67. The molecule has 0 spiro atoms. The normalized spacial score (nSPS) is 50.2. The Labute approximate surface area is 208 Å². The van der Waals surface area contributed by atoms with Crippen molar-refractivity contribution in [1.29, 1.82) is 0 Å². The van der Waals surface area contributed by atoms with Gasteiger partial charge in [-0.15, -0.1) is 0 Å². The molecule has 1 aliphatic carbocycles. The minimum absolute atomic E-state index is 0.0991. The summed E-state index contributed by atoms with van der Waals surface area (Å²) in [5, 5.41) is 61.0. The van der Waals surface area contributed by atoms with Crippen LogP contribution in [0, 0.1) is 0 Å². The molecule has 2 aliphatic heterocycles. The Morgan fingerprint density at radius 2 is 1.17 bits per heavy atom. The van der Waals surface area contributed by atoms with Crippen LogP contribution in [0.4, 0.5) is 0 Å². The van der Waals surface area contributed by atoms with Gasteiger partial charge in [-0.2, -0.15) is 0 Å². The summed E-state index contributed by atoms with van der Waals surface area (Å²) < 4.78 is 28.2. The Bertz CT molecular complexity index is 682. The number of aliphatic hydroxyl groups excluding tert-OH is 6. The molecule has 0 unspecified atom stereocenters. The molecule has 0 amide bonds. The van der Waals surface area contributed by atoms with Gasteiger partial charge in [0.05, 0.1) is 25.4 Å². The van der Waals surface area contributed by atoms with E-state index < -0.39 is 91.7 Å². The summed E-state index contributed by atoms with van der Waals surface area (Å²) in [5.41, 5.74) is 29.3. The van der Waals surface area contributed by atoms with Crippen LogP contribution in [0.2, 0.25) is 0 Å². The monoisotopic (exact) mass is 527 g/mol. The second-order valence-electron chi connectivity index (χ2n) is 9.45. The molecule has 0 aromatic rings. The largest absolute Gasteiger partial charge is 0.389 e. The van der Waals surface area contributed by atoms with Crippen LogP contribution in [-0.2, 0) is 23.7 Å². The first-order valence-electron chi connectivity index (χ1n) is 12.0. The van der Waals surface area contributed by atoms with E-state index in [-0.39, 0.29) is 32.7 Å². The standard InChI is InChI=1S/C20H41N5O11/c21-4-8-12(27)14(29)10(25)19(34-8)36-17-7(24)3-6(23)11(26)18(17)32-1-2-33-20-16(31)15(30)13(28)9(5-22)35-20/h6-20,26-31H,1-5,21-25H2/t6-,7+,8-,9-,10-,11+,12-,13-,14-,15+,16-,17-,18-,19-,20+/m1/s1. The predicted octanol–water partition coefficient (Wildman–Crippen LogP) is -7.31. The fourth-order valence-electron chi connectivity index (χ4n) is 4.66.